The third kappa shape index (κ3) is 7.24. The average Bonchev–Trinajstić information content (AvgIpc) is 2.30. The van der Waals surface area contributed by atoms with Gasteiger partial charge in [0, 0.05) is 0 Å². The largest absolute Gasteiger partial charge is 0.543 e. The Labute approximate surface area is 113 Å². The van der Waals surface area contributed by atoms with E-state index in [1.165, 1.54) is 14.2 Å². The maximum atomic E-state index is 11.5. The molecule has 0 amide bonds. The summed E-state index contributed by atoms with van der Waals surface area (Å²) in [5.74, 6) is -1.33. The predicted octanol–water partition coefficient (Wildman–Crippen LogP) is 1.07. The molecule has 0 spiro atoms. The van der Waals surface area contributed by atoms with E-state index in [1.807, 2.05) is 19.6 Å². The van der Waals surface area contributed by atoms with E-state index >= 15 is 0 Å². The van der Waals surface area contributed by atoms with Crippen LogP contribution in [0.15, 0.2) is 17.5 Å². The van der Waals surface area contributed by atoms with Crippen LogP contribution in [0.3, 0.4) is 0 Å². The number of hydrogen-bond acceptors (Lipinski definition) is 7. The van der Waals surface area contributed by atoms with Crippen molar-refractivity contribution in [2.75, 3.05) is 20.8 Å². The molecule has 0 bridgehead atoms. The van der Waals surface area contributed by atoms with Gasteiger partial charge >= 0.3 is 11.9 Å². The summed E-state index contributed by atoms with van der Waals surface area (Å²) >= 11 is 0. The molecule has 0 N–H and O–H groups in total. The van der Waals surface area contributed by atoms with Gasteiger partial charge in [-0.05, 0) is 19.6 Å². The van der Waals surface area contributed by atoms with Gasteiger partial charge in [0.25, 0.3) is 0 Å². The minimum atomic E-state index is -1.94. The Morgan fingerprint density at radius 2 is 1.74 bits per heavy atom. The van der Waals surface area contributed by atoms with Crippen molar-refractivity contribution in [2.24, 2.45) is 5.16 Å². The van der Waals surface area contributed by atoms with Crippen LogP contribution in [0.25, 0.3) is 0 Å². The molecule has 0 saturated carbocycles. The second-order valence-corrected chi connectivity index (χ2v) is 8.85. The highest BCUT2D eigenvalue weighted by Crippen LogP contribution is 2.11. The molecular weight excluding hydrogens is 270 g/mol. The van der Waals surface area contributed by atoms with Crippen LogP contribution < -0.4 is 0 Å². The molecule has 0 aliphatic rings. The monoisotopic (exact) mass is 289 g/mol. The molecule has 19 heavy (non-hydrogen) atoms. The summed E-state index contributed by atoms with van der Waals surface area (Å²) in [7, 11) is 0.462. The fourth-order valence-electron chi connectivity index (χ4n) is 0.925. The first-order chi connectivity index (χ1) is 8.71. The molecular formula is C11H19NO6Si. The van der Waals surface area contributed by atoms with Crippen molar-refractivity contribution in [2.45, 2.75) is 19.6 Å². The molecule has 0 aromatic carbocycles. The molecule has 0 aromatic heterocycles. The van der Waals surface area contributed by atoms with Crippen molar-refractivity contribution < 1.29 is 28.3 Å². The van der Waals surface area contributed by atoms with Crippen molar-refractivity contribution >= 4 is 26.0 Å². The Morgan fingerprint density at radius 1 is 1.16 bits per heavy atom. The van der Waals surface area contributed by atoms with Crippen molar-refractivity contribution in [1.82, 2.24) is 0 Å². The summed E-state index contributed by atoms with van der Waals surface area (Å²) < 4.78 is 14.4. The SMILES string of the molecule is C=C(O[Si](C)(C)C)C(=NOCC(=O)OC)C(=O)OC. The molecule has 0 heterocycles. The lowest BCUT2D eigenvalue weighted by molar-refractivity contribution is -0.146. The Balaban J connectivity index is 4.81. The van der Waals surface area contributed by atoms with Crippen LogP contribution >= 0.6 is 0 Å². The summed E-state index contributed by atoms with van der Waals surface area (Å²) in [6, 6.07) is 0. The van der Waals surface area contributed by atoms with Gasteiger partial charge in [-0.15, -0.1) is 0 Å². The lowest BCUT2D eigenvalue weighted by Crippen LogP contribution is -2.30. The van der Waals surface area contributed by atoms with Crippen molar-refractivity contribution in [3.8, 4) is 0 Å². The van der Waals surface area contributed by atoms with E-state index in [-0.39, 0.29) is 11.5 Å². The Hall–Kier alpha value is -1.83. The highest BCUT2D eigenvalue weighted by atomic mass is 28.4. The topological polar surface area (TPSA) is 83.4 Å². The van der Waals surface area contributed by atoms with Gasteiger partial charge in [0.05, 0.1) is 14.2 Å². The molecule has 0 rings (SSSR count). The van der Waals surface area contributed by atoms with Gasteiger partial charge in [0.15, 0.2) is 0 Å². The van der Waals surface area contributed by atoms with E-state index in [2.05, 4.69) is 21.2 Å². The zero-order chi connectivity index (χ0) is 15.1. The minimum Gasteiger partial charge on any atom is -0.543 e. The maximum absolute atomic E-state index is 11.5. The van der Waals surface area contributed by atoms with Gasteiger partial charge in [-0.3, -0.25) is 0 Å². The molecule has 0 atom stereocenters. The number of methoxy groups -OCH3 is 2. The van der Waals surface area contributed by atoms with E-state index in [9.17, 15) is 9.59 Å². The summed E-state index contributed by atoms with van der Waals surface area (Å²) in [5, 5.41) is 3.51. The number of esters is 2. The molecule has 0 aliphatic carbocycles. The van der Waals surface area contributed by atoms with Crippen molar-refractivity contribution in [3.05, 3.63) is 12.3 Å². The summed E-state index contributed by atoms with van der Waals surface area (Å²) in [4.78, 5) is 27.1. The molecule has 108 valence electrons. The molecule has 0 radical (unpaired) electrons. The quantitative estimate of drug-likeness (QED) is 0.229. The number of rotatable bonds is 7. The normalized spacial score (nSPS) is 11.5. The molecule has 0 saturated heterocycles. The third-order valence-corrected chi connectivity index (χ3v) is 2.50. The zero-order valence-electron chi connectivity index (χ0n) is 11.8. The highest BCUT2D eigenvalue weighted by molar-refractivity contribution is 6.70. The number of hydrogen-bond donors (Lipinski definition) is 0. The van der Waals surface area contributed by atoms with Crippen LogP contribution in [0, 0.1) is 0 Å². The minimum absolute atomic E-state index is 0.0517. The first-order valence-corrected chi connectivity index (χ1v) is 8.85. The first kappa shape index (κ1) is 17.2. The van der Waals surface area contributed by atoms with Crippen LogP contribution in [0.4, 0.5) is 0 Å². The number of carbonyl (C=O) groups excluding carboxylic acids is 2. The molecule has 7 nitrogen and oxygen atoms in total. The molecule has 8 heteroatoms. The van der Waals surface area contributed by atoms with Crippen LogP contribution in [0.5, 0.6) is 0 Å². The van der Waals surface area contributed by atoms with Gasteiger partial charge < -0.3 is 18.7 Å². The average molecular weight is 289 g/mol. The second kappa shape index (κ2) is 7.57. The fourth-order valence-corrected chi connectivity index (χ4v) is 1.76. The lowest BCUT2D eigenvalue weighted by atomic mass is 10.3. The summed E-state index contributed by atoms with van der Waals surface area (Å²) in [6.07, 6.45) is 0. The standard InChI is InChI=1S/C11H19NO6Si/c1-8(18-19(4,5)6)10(11(14)16-3)12-17-7-9(13)15-2/h1,7H2,2-6H3. The second-order valence-electron chi connectivity index (χ2n) is 4.42. The molecule has 0 unspecified atom stereocenters. The molecule has 0 fully saturated rings. The summed E-state index contributed by atoms with van der Waals surface area (Å²) in [5.41, 5.74) is -0.214. The smallest absolute Gasteiger partial charge is 0.363 e. The van der Waals surface area contributed by atoms with Crippen LogP contribution in [0.2, 0.25) is 19.6 Å². The predicted molar refractivity (Wildman–Crippen MR) is 71.0 cm³/mol. The molecule has 0 aliphatic heterocycles. The van der Waals surface area contributed by atoms with Crippen LogP contribution in [-0.2, 0) is 28.3 Å². The van der Waals surface area contributed by atoms with Crippen LogP contribution in [0.1, 0.15) is 0 Å². The van der Waals surface area contributed by atoms with Crippen molar-refractivity contribution in [3.63, 3.8) is 0 Å². The number of oxime groups is 1. The van der Waals surface area contributed by atoms with E-state index in [4.69, 9.17) is 9.26 Å². The lowest BCUT2D eigenvalue weighted by Gasteiger charge is -2.20. The zero-order valence-corrected chi connectivity index (χ0v) is 12.8. The van der Waals surface area contributed by atoms with E-state index in [0.717, 1.165) is 0 Å². The maximum Gasteiger partial charge on any atom is 0.363 e. The van der Waals surface area contributed by atoms with Gasteiger partial charge in [0.1, 0.15) is 5.76 Å². The van der Waals surface area contributed by atoms with Gasteiger partial charge in [-0.1, -0.05) is 11.7 Å². The van der Waals surface area contributed by atoms with Gasteiger partial charge in [0.2, 0.25) is 20.6 Å². The number of nitrogens with zero attached hydrogens (tertiary/aromatic N) is 1. The van der Waals surface area contributed by atoms with E-state index in [1.54, 1.807) is 0 Å². The highest BCUT2D eigenvalue weighted by Gasteiger charge is 2.24. The van der Waals surface area contributed by atoms with Gasteiger partial charge in [-0.2, -0.15) is 0 Å². The van der Waals surface area contributed by atoms with E-state index in [0.29, 0.717) is 0 Å². The first-order valence-electron chi connectivity index (χ1n) is 5.44. The Kier molecular flexibility index (Phi) is 6.84. The number of carbonyl (C=O) groups is 2. The van der Waals surface area contributed by atoms with Crippen molar-refractivity contribution in [1.29, 1.82) is 0 Å². The summed E-state index contributed by atoms with van der Waals surface area (Å²) in [6.45, 7) is 8.95. The molecule has 0 aromatic rings. The Morgan fingerprint density at radius 3 is 2.16 bits per heavy atom. The number of ether oxygens (including phenoxy) is 2. The Bertz CT molecular complexity index is 385. The van der Waals surface area contributed by atoms with E-state index < -0.39 is 26.9 Å². The van der Waals surface area contributed by atoms with Crippen LogP contribution in [-0.4, -0.2) is 46.8 Å². The fraction of sp³-hybridized carbons (Fsp3) is 0.545. The third-order valence-electron chi connectivity index (χ3n) is 1.64. The van der Waals surface area contributed by atoms with Gasteiger partial charge in [-0.25, -0.2) is 9.59 Å².